The summed E-state index contributed by atoms with van der Waals surface area (Å²) in [5.74, 6) is 0.820. The molecule has 4 rings (SSSR count). The first-order chi connectivity index (χ1) is 16.6. The van der Waals surface area contributed by atoms with Gasteiger partial charge in [-0.3, -0.25) is 4.98 Å². The van der Waals surface area contributed by atoms with Crippen molar-refractivity contribution in [3.05, 3.63) is 88.4 Å². The molecule has 0 spiro atoms. The van der Waals surface area contributed by atoms with Crippen molar-refractivity contribution in [3.8, 4) is 5.88 Å². The second kappa shape index (κ2) is 11.4. The van der Waals surface area contributed by atoms with Gasteiger partial charge in [-0.25, -0.2) is 4.98 Å². The van der Waals surface area contributed by atoms with E-state index in [0.717, 1.165) is 39.1 Å². The molecule has 0 saturated carbocycles. The maximum atomic E-state index is 7.67. The lowest BCUT2D eigenvalue weighted by molar-refractivity contribution is -0.555. The predicted molar refractivity (Wildman–Crippen MR) is 139 cm³/mol. The number of benzene rings is 1. The number of anilines is 1. The summed E-state index contributed by atoms with van der Waals surface area (Å²) in [6.07, 6.45) is 6.70. The van der Waals surface area contributed by atoms with Crippen LogP contribution in [0.5, 0.6) is 5.88 Å². The number of fused-ring (bicyclic) bond motifs is 1. The molecule has 0 unspecified atom stereocenters. The quantitative estimate of drug-likeness (QED) is 0.321. The average Bonchev–Trinajstić information content (AvgIpc) is 2.88. The Morgan fingerprint density at radius 3 is 2.79 bits per heavy atom. The van der Waals surface area contributed by atoms with Crippen molar-refractivity contribution in [3.63, 3.8) is 0 Å². The van der Waals surface area contributed by atoms with E-state index >= 15 is 0 Å². The van der Waals surface area contributed by atoms with Crippen LogP contribution in [-0.2, 0) is 0 Å². The molecule has 7 nitrogen and oxygen atoms in total. The molecule has 0 aliphatic carbocycles. The van der Waals surface area contributed by atoms with E-state index in [1.807, 2.05) is 43.0 Å². The van der Waals surface area contributed by atoms with Crippen LogP contribution in [0.2, 0.25) is 0 Å². The van der Waals surface area contributed by atoms with Crippen LogP contribution < -0.4 is 20.7 Å². The molecule has 176 valence electrons. The number of nitrogens with one attached hydrogen (secondary N) is 3. The van der Waals surface area contributed by atoms with Crippen molar-refractivity contribution in [1.29, 1.82) is 5.41 Å². The van der Waals surface area contributed by atoms with E-state index in [-0.39, 0.29) is 18.1 Å². The van der Waals surface area contributed by atoms with E-state index in [2.05, 4.69) is 73.8 Å². The van der Waals surface area contributed by atoms with Gasteiger partial charge in [0.1, 0.15) is 12.3 Å². The molecule has 0 radical (unpaired) electrons. The number of nitrogens with two attached hydrogens (primary N) is 1. The van der Waals surface area contributed by atoms with Gasteiger partial charge in [-0.05, 0) is 39.7 Å². The first-order valence-corrected chi connectivity index (χ1v) is 12.2. The zero-order valence-electron chi connectivity index (χ0n) is 19.3. The van der Waals surface area contributed by atoms with Gasteiger partial charge >= 0.3 is 0 Å². The van der Waals surface area contributed by atoms with Crippen molar-refractivity contribution in [2.45, 2.75) is 25.0 Å². The van der Waals surface area contributed by atoms with Crippen molar-refractivity contribution in [2.24, 2.45) is 0 Å². The standard InChI is InChI=1S/C26H29BrN6O/c1-17(22-9-8-21(27)15-30-22)12-32-25(18-6-4-3-5-7-18)24-16-31-23-10-19(14-33-26(23)34-24)20(11-28)13-29-2/h3-11,13-15,17,24-25,28-29,31-32H,12,16H2,1-2H3/p+1/b20-13+,28-11?/t17-,24-,25+/m0/s1. The average molecular weight is 522 g/mol. The smallest absolute Gasteiger partial charge is 0.237 e. The first kappa shape index (κ1) is 24.1. The predicted octanol–water partition coefficient (Wildman–Crippen LogP) is 3.73. The van der Waals surface area contributed by atoms with Crippen LogP contribution in [0.25, 0.3) is 5.57 Å². The normalized spacial score (nSPS) is 17.1. The summed E-state index contributed by atoms with van der Waals surface area (Å²) in [5, 5.41) is 16.8. The van der Waals surface area contributed by atoms with E-state index in [4.69, 9.17) is 10.1 Å². The maximum Gasteiger partial charge on any atom is 0.237 e. The van der Waals surface area contributed by atoms with Crippen molar-refractivity contribution in [1.82, 2.24) is 15.3 Å². The number of hydrogen-bond donors (Lipinski definition) is 4. The van der Waals surface area contributed by atoms with Crippen molar-refractivity contribution >= 4 is 33.4 Å². The summed E-state index contributed by atoms with van der Waals surface area (Å²) >= 11 is 3.45. The van der Waals surface area contributed by atoms with Gasteiger partial charge in [0, 0.05) is 46.8 Å². The van der Waals surface area contributed by atoms with Crippen LogP contribution in [0, 0.1) is 5.41 Å². The number of nitrogens with zero attached hydrogens (tertiary/aromatic N) is 2. The highest BCUT2D eigenvalue weighted by molar-refractivity contribution is 9.10. The largest absolute Gasteiger partial charge is 0.469 e. The molecule has 5 N–H and O–H groups in total. The number of quaternary nitrogens is 1. The molecule has 2 aromatic heterocycles. The van der Waals surface area contributed by atoms with Gasteiger partial charge in [0.15, 0.2) is 0 Å². The Labute approximate surface area is 208 Å². The van der Waals surface area contributed by atoms with Gasteiger partial charge in [-0.15, -0.1) is 0 Å². The van der Waals surface area contributed by atoms with Gasteiger partial charge in [0.2, 0.25) is 5.88 Å². The summed E-state index contributed by atoms with van der Waals surface area (Å²) in [7, 11) is 1.94. The number of allylic oxidation sites excluding steroid dienone is 1. The fourth-order valence-electron chi connectivity index (χ4n) is 4.03. The van der Waals surface area contributed by atoms with Gasteiger partial charge < -0.3 is 26.1 Å². The fourth-order valence-corrected chi connectivity index (χ4v) is 4.27. The molecule has 8 heteroatoms. The minimum absolute atomic E-state index is 0.0204. The van der Waals surface area contributed by atoms with E-state index in [0.29, 0.717) is 12.4 Å². The lowest BCUT2D eigenvalue weighted by Crippen LogP contribution is -2.72. The number of aromatic nitrogens is 2. The minimum Gasteiger partial charge on any atom is -0.469 e. The molecule has 0 saturated heterocycles. The van der Waals surface area contributed by atoms with Gasteiger partial charge in [0.25, 0.3) is 0 Å². The van der Waals surface area contributed by atoms with Crippen molar-refractivity contribution in [2.75, 3.05) is 25.5 Å². The van der Waals surface area contributed by atoms with Crippen LogP contribution in [0.3, 0.4) is 0 Å². The highest BCUT2D eigenvalue weighted by Gasteiger charge is 2.30. The lowest BCUT2D eigenvalue weighted by atomic mass is 9.98. The number of hydrogen-bond acceptors (Lipinski definition) is 6. The molecule has 1 aromatic carbocycles. The third kappa shape index (κ3) is 5.70. The Hall–Kier alpha value is -3.07. The van der Waals surface area contributed by atoms with E-state index < -0.39 is 0 Å². The van der Waals surface area contributed by atoms with Crippen LogP contribution >= 0.6 is 15.9 Å². The fraction of sp³-hybridized carbons (Fsp3) is 0.269. The molecule has 3 atom stereocenters. The molecule has 34 heavy (non-hydrogen) atoms. The molecule has 3 heterocycles. The molecule has 3 aromatic rings. The third-order valence-corrected chi connectivity index (χ3v) is 6.34. The van der Waals surface area contributed by atoms with Gasteiger partial charge in [-0.1, -0.05) is 37.3 Å². The van der Waals surface area contributed by atoms with E-state index in [1.165, 1.54) is 6.21 Å². The Morgan fingerprint density at radius 1 is 1.26 bits per heavy atom. The van der Waals surface area contributed by atoms with Crippen LogP contribution in [0.15, 0.2) is 71.6 Å². The second-order valence-electron chi connectivity index (χ2n) is 8.31. The highest BCUT2D eigenvalue weighted by atomic mass is 79.9. The molecular weight excluding hydrogens is 492 g/mol. The van der Waals surface area contributed by atoms with Crippen LogP contribution in [-0.4, -0.2) is 42.4 Å². The summed E-state index contributed by atoms with van der Waals surface area (Å²) < 4.78 is 7.37. The minimum atomic E-state index is -0.139. The SMILES string of the molecule is C[NH2+]/C=C(\C=N)c1cnc2c(c1)NC[C@@H]([C@H](NC[C@H](C)c1ccc(Br)cn1)c1ccccc1)O2. The van der Waals surface area contributed by atoms with Crippen molar-refractivity contribution < 1.29 is 10.1 Å². The van der Waals surface area contributed by atoms with E-state index in [1.54, 1.807) is 6.20 Å². The van der Waals surface area contributed by atoms with Gasteiger partial charge in [-0.2, -0.15) is 0 Å². The molecular formula is C26H30BrN6O+. The second-order valence-corrected chi connectivity index (χ2v) is 9.23. The summed E-state index contributed by atoms with van der Waals surface area (Å²) in [6.45, 7) is 3.57. The van der Waals surface area contributed by atoms with Crippen LogP contribution in [0.1, 0.15) is 35.7 Å². The summed E-state index contributed by atoms with van der Waals surface area (Å²) in [5.41, 5.74) is 4.75. The van der Waals surface area contributed by atoms with Crippen LogP contribution in [0.4, 0.5) is 5.69 Å². The molecule has 0 bridgehead atoms. The Kier molecular flexibility index (Phi) is 8.05. The summed E-state index contributed by atoms with van der Waals surface area (Å²) in [4.78, 5) is 9.11. The number of halogens is 1. The lowest BCUT2D eigenvalue weighted by Gasteiger charge is -2.34. The zero-order chi connectivity index (χ0) is 23.9. The molecule has 1 aliphatic heterocycles. The molecule has 0 amide bonds. The topological polar surface area (TPSA) is 99.5 Å². The third-order valence-electron chi connectivity index (χ3n) is 5.87. The first-order valence-electron chi connectivity index (χ1n) is 11.4. The molecule has 1 aliphatic rings. The maximum absolute atomic E-state index is 7.67. The Bertz CT molecular complexity index is 1140. The number of pyridine rings is 2. The van der Waals surface area contributed by atoms with Gasteiger partial charge in [0.05, 0.1) is 30.9 Å². The molecule has 0 fully saturated rings. The highest BCUT2D eigenvalue weighted by Crippen LogP contribution is 2.33. The number of ether oxygens (including phenoxy) is 1. The summed E-state index contributed by atoms with van der Waals surface area (Å²) in [6, 6.07) is 16.4. The Morgan fingerprint density at radius 2 is 2.09 bits per heavy atom. The Balaban J connectivity index is 1.52. The van der Waals surface area contributed by atoms with E-state index in [9.17, 15) is 0 Å². The number of rotatable bonds is 9. The zero-order valence-corrected chi connectivity index (χ0v) is 20.9. The monoisotopic (exact) mass is 521 g/mol.